The van der Waals surface area contributed by atoms with Crippen molar-refractivity contribution in [3.8, 4) is 0 Å². The van der Waals surface area contributed by atoms with Gasteiger partial charge in [-0.1, -0.05) is 25.5 Å². The summed E-state index contributed by atoms with van der Waals surface area (Å²) in [6.45, 7) is 4.31. The number of amides is 1. The fraction of sp³-hybridized carbons (Fsp3) is 0.562. The molecule has 0 spiro atoms. The summed E-state index contributed by atoms with van der Waals surface area (Å²) in [5.74, 6) is -0.0347. The lowest BCUT2D eigenvalue weighted by Gasteiger charge is -2.13. The largest absolute Gasteiger partial charge is 0.396 e. The van der Waals surface area contributed by atoms with Gasteiger partial charge in [-0.15, -0.1) is 0 Å². The molecule has 0 aliphatic carbocycles. The highest BCUT2D eigenvalue weighted by atomic mass is 16.2. The molecular weight excluding hydrogens is 238 g/mol. The topological polar surface area (TPSA) is 49.3 Å². The van der Waals surface area contributed by atoms with Crippen molar-refractivity contribution in [2.24, 2.45) is 0 Å². The molecule has 1 unspecified atom stereocenters. The molecule has 0 bridgehead atoms. The number of nitrogens with one attached hydrogen (secondary N) is 1. The van der Waals surface area contributed by atoms with Crippen molar-refractivity contribution >= 4 is 5.91 Å². The number of carbonyl (C=O) groups is 1. The summed E-state index contributed by atoms with van der Waals surface area (Å²) in [7, 11) is 0. The number of aliphatic hydroxyl groups excluding tert-OH is 1. The molecule has 3 heteroatoms. The van der Waals surface area contributed by atoms with E-state index in [1.165, 1.54) is 18.4 Å². The smallest absolute Gasteiger partial charge is 0.251 e. The van der Waals surface area contributed by atoms with Crippen LogP contribution < -0.4 is 5.32 Å². The molecule has 1 amide bonds. The highest BCUT2D eigenvalue weighted by molar-refractivity contribution is 5.94. The minimum atomic E-state index is -0.0347. The van der Waals surface area contributed by atoms with Crippen molar-refractivity contribution in [2.45, 2.75) is 52.0 Å². The Morgan fingerprint density at radius 2 is 1.95 bits per heavy atom. The summed E-state index contributed by atoms with van der Waals surface area (Å²) in [6.07, 6.45) is 4.97. The Labute approximate surface area is 116 Å². The quantitative estimate of drug-likeness (QED) is 0.757. The Morgan fingerprint density at radius 1 is 1.26 bits per heavy atom. The van der Waals surface area contributed by atoms with Crippen molar-refractivity contribution in [3.05, 3.63) is 35.4 Å². The molecule has 0 radical (unpaired) electrons. The first kappa shape index (κ1) is 15.7. The molecule has 3 nitrogen and oxygen atoms in total. The van der Waals surface area contributed by atoms with Gasteiger partial charge in [0, 0.05) is 18.2 Å². The van der Waals surface area contributed by atoms with E-state index < -0.39 is 0 Å². The third kappa shape index (κ3) is 5.88. The van der Waals surface area contributed by atoms with E-state index in [1.54, 1.807) is 0 Å². The first-order chi connectivity index (χ1) is 9.17. The van der Waals surface area contributed by atoms with E-state index in [0.29, 0.717) is 5.56 Å². The number of benzene rings is 1. The van der Waals surface area contributed by atoms with Crippen LogP contribution in [0, 0.1) is 0 Å². The highest BCUT2D eigenvalue weighted by Gasteiger charge is 2.09. The zero-order valence-corrected chi connectivity index (χ0v) is 12.0. The monoisotopic (exact) mass is 263 g/mol. The lowest BCUT2D eigenvalue weighted by atomic mass is 10.1. The molecule has 0 heterocycles. The van der Waals surface area contributed by atoms with Crippen LogP contribution in [0.1, 0.15) is 55.5 Å². The number of aliphatic hydroxyl groups is 1. The lowest BCUT2D eigenvalue weighted by Crippen LogP contribution is -2.32. The molecule has 1 aromatic carbocycles. The molecule has 0 aliphatic heterocycles. The van der Waals surface area contributed by atoms with Gasteiger partial charge >= 0.3 is 0 Å². The van der Waals surface area contributed by atoms with E-state index >= 15 is 0 Å². The summed E-state index contributed by atoms with van der Waals surface area (Å²) in [5.41, 5.74) is 1.99. The zero-order chi connectivity index (χ0) is 14.1. The van der Waals surface area contributed by atoms with Gasteiger partial charge in [0.1, 0.15) is 0 Å². The van der Waals surface area contributed by atoms with E-state index in [4.69, 9.17) is 5.11 Å². The van der Waals surface area contributed by atoms with Crippen LogP contribution in [0.3, 0.4) is 0 Å². The highest BCUT2D eigenvalue weighted by Crippen LogP contribution is 2.08. The van der Waals surface area contributed by atoms with E-state index in [0.717, 1.165) is 19.3 Å². The van der Waals surface area contributed by atoms with Crippen molar-refractivity contribution in [2.75, 3.05) is 6.61 Å². The first-order valence-electron chi connectivity index (χ1n) is 7.18. The maximum atomic E-state index is 12.0. The van der Waals surface area contributed by atoms with Crippen LogP contribution in [-0.4, -0.2) is 23.7 Å². The maximum Gasteiger partial charge on any atom is 0.251 e. The molecule has 2 N–H and O–H groups in total. The summed E-state index contributed by atoms with van der Waals surface area (Å²) in [4.78, 5) is 12.0. The standard InChI is InChI=1S/C16H25NO2/c1-3-4-7-14-8-10-15(11-9-14)16(19)17-13(2)6-5-12-18/h8-11,13,18H,3-7,12H2,1-2H3,(H,17,19). The van der Waals surface area contributed by atoms with Gasteiger partial charge in [0.15, 0.2) is 0 Å². The van der Waals surface area contributed by atoms with Gasteiger partial charge < -0.3 is 10.4 Å². The Morgan fingerprint density at radius 3 is 2.53 bits per heavy atom. The van der Waals surface area contributed by atoms with Crippen LogP contribution in [0.4, 0.5) is 0 Å². The van der Waals surface area contributed by atoms with Crippen molar-refractivity contribution in [1.29, 1.82) is 0 Å². The van der Waals surface area contributed by atoms with Crippen LogP contribution >= 0.6 is 0 Å². The SMILES string of the molecule is CCCCc1ccc(C(=O)NC(C)CCCO)cc1. The second-order valence-corrected chi connectivity index (χ2v) is 5.04. The number of hydrogen-bond donors (Lipinski definition) is 2. The molecule has 1 rings (SSSR count). The van der Waals surface area contributed by atoms with Crippen LogP contribution in [0.2, 0.25) is 0 Å². The molecule has 19 heavy (non-hydrogen) atoms. The number of unbranched alkanes of at least 4 members (excludes halogenated alkanes) is 1. The van der Waals surface area contributed by atoms with Crippen LogP contribution in [-0.2, 0) is 6.42 Å². The van der Waals surface area contributed by atoms with Gasteiger partial charge in [-0.05, 0) is 50.3 Å². The minimum absolute atomic E-state index is 0.0347. The summed E-state index contributed by atoms with van der Waals surface area (Å²) in [5, 5.41) is 11.7. The number of rotatable bonds is 8. The maximum absolute atomic E-state index is 12.0. The zero-order valence-electron chi connectivity index (χ0n) is 12.0. The normalized spacial score (nSPS) is 12.2. The molecule has 0 aliphatic rings. The van der Waals surface area contributed by atoms with E-state index in [2.05, 4.69) is 12.2 Å². The van der Waals surface area contributed by atoms with Crippen molar-refractivity contribution < 1.29 is 9.90 Å². The van der Waals surface area contributed by atoms with Gasteiger partial charge in [0.05, 0.1) is 0 Å². The predicted octanol–water partition coefficient (Wildman–Crippen LogP) is 2.92. The van der Waals surface area contributed by atoms with Crippen molar-refractivity contribution in [3.63, 3.8) is 0 Å². The molecule has 0 saturated heterocycles. The molecule has 0 aromatic heterocycles. The second kappa shape index (κ2) is 8.70. The van der Waals surface area contributed by atoms with E-state index in [1.807, 2.05) is 31.2 Å². The number of aryl methyl sites for hydroxylation is 1. The first-order valence-corrected chi connectivity index (χ1v) is 7.18. The number of carbonyl (C=O) groups excluding carboxylic acids is 1. The summed E-state index contributed by atoms with van der Waals surface area (Å²) < 4.78 is 0. The molecule has 1 aromatic rings. The van der Waals surface area contributed by atoms with Gasteiger partial charge in [-0.3, -0.25) is 4.79 Å². The Bertz CT molecular complexity index is 373. The van der Waals surface area contributed by atoms with E-state index in [9.17, 15) is 4.79 Å². The summed E-state index contributed by atoms with van der Waals surface area (Å²) in [6, 6.07) is 7.93. The van der Waals surface area contributed by atoms with Crippen LogP contribution in [0.25, 0.3) is 0 Å². The third-order valence-corrected chi connectivity index (χ3v) is 3.21. The number of hydrogen-bond acceptors (Lipinski definition) is 2. The van der Waals surface area contributed by atoms with Gasteiger partial charge in [0.25, 0.3) is 5.91 Å². The van der Waals surface area contributed by atoms with Crippen molar-refractivity contribution in [1.82, 2.24) is 5.32 Å². The average molecular weight is 263 g/mol. The van der Waals surface area contributed by atoms with Gasteiger partial charge in [-0.2, -0.15) is 0 Å². The van der Waals surface area contributed by atoms with Crippen LogP contribution in [0.5, 0.6) is 0 Å². The predicted molar refractivity (Wildman–Crippen MR) is 78.3 cm³/mol. The minimum Gasteiger partial charge on any atom is -0.396 e. The molecular formula is C16H25NO2. The molecule has 0 fully saturated rings. The average Bonchev–Trinajstić information content (AvgIpc) is 2.43. The Hall–Kier alpha value is -1.35. The van der Waals surface area contributed by atoms with Gasteiger partial charge in [0.2, 0.25) is 0 Å². The fourth-order valence-corrected chi connectivity index (χ4v) is 1.98. The Balaban J connectivity index is 2.48. The van der Waals surface area contributed by atoms with E-state index in [-0.39, 0.29) is 18.6 Å². The Kier molecular flexibility index (Phi) is 7.19. The molecule has 0 saturated carbocycles. The van der Waals surface area contributed by atoms with Gasteiger partial charge in [-0.25, -0.2) is 0 Å². The summed E-state index contributed by atoms with van der Waals surface area (Å²) >= 11 is 0. The lowest BCUT2D eigenvalue weighted by molar-refractivity contribution is 0.0936. The molecule has 106 valence electrons. The van der Waals surface area contributed by atoms with Crippen LogP contribution in [0.15, 0.2) is 24.3 Å². The molecule has 1 atom stereocenters. The second-order valence-electron chi connectivity index (χ2n) is 5.04. The third-order valence-electron chi connectivity index (χ3n) is 3.21. The fourth-order valence-electron chi connectivity index (χ4n) is 1.98.